The summed E-state index contributed by atoms with van der Waals surface area (Å²) in [6.07, 6.45) is 10.1. The summed E-state index contributed by atoms with van der Waals surface area (Å²) in [6.45, 7) is 8.78. The van der Waals surface area contributed by atoms with Crippen molar-refractivity contribution >= 4 is 40.0 Å². The zero-order valence-corrected chi connectivity index (χ0v) is 22.7. The number of nitrogens with zero attached hydrogens (tertiary/aromatic N) is 2. The van der Waals surface area contributed by atoms with Crippen molar-refractivity contribution in [3.05, 3.63) is 0 Å². The number of guanidine groups is 1. The molecule has 2 unspecified atom stereocenters. The minimum atomic E-state index is -3.09. The fraction of sp³-hybridized carbons (Fsp3) is 0.955. The smallest absolute Gasteiger partial charge is 0.214 e. The lowest BCUT2D eigenvalue weighted by molar-refractivity contribution is -0.145. The summed E-state index contributed by atoms with van der Waals surface area (Å²) < 4.78 is 32.4. The van der Waals surface area contributed by atoms with E-state index in [0.717, 1.165) is 38.4 Å². The van der Waals surface area contributed by atoms with E-state index < -0.39 is 10.0 Å². The third kappa shape index (κ3) is 6.47. The highest BCUT2D eigenvalue weighted by Crippen LogP contribution is 2.53. The Kier molecular flexibility index (Phi) is 10.8. The van der Waals surface area contributed by atoms with Gasteiger partial charge in [0.1, 0.15) is 0 Å². The van der Waals surface area contributed by atoms with Crippen LogP contribution in [-0.4, -0.2) is 68.9 Å². The van der Waals surface area contributed by atoms with Crippen LogP contribution in [0.1, 0.15) is 78.6 Å². The van der Waals surface area contributed by atoms with E-state index in [0.29, 0.717) is 31.7 Å². The van der Waals surface area contributed by atoms with Gasteiger partial charge in [0.25, 0.3) is 0 Å². The number of ether oxygens (including phenoxy) is 1. The number of nitrogens with one attached hydrogen (secondary N) is 2. The fourth-order valence-corrected chi connectivity index (χ4v) is 7.12. The lowest BCUT2D eigenvalue weighted by Crippen LogP contribution is -2.67. The Bertz CT molecular complexity index is 674. The van der Waals surface area contributed by atoms with Crippen LogP contribution in [-0.2, 0) is 14.8 Å². The van der Waals surface area contributed by atoms with E-state index in [1.807, 2.05) is 6.92 Å². The van der Waals surface area contributed by atoms with Gasteiger partial charge in [-0.15, -0.1) is 24.0 Å². The molecule has 31 heavy (non-hydrogen) atoms. The predicted octanol–water partition coefficient (Wildman–Crippen LogP) is 3.49. The fourth-order valence-electron chi connectivity index (χ4n) is 5.58. The molecule has 3 aliphatic rings. The number of piperidine rings is 1. The van der Waals surface area contributed by atoms with Crippen molar-refractivity contribution in [2.24, 2.45) is 10.4 Å². The molecule has 1 saturated heterocycles. The van der Waals surface area contributed by atoms with Crippen LogP contribution in [0, 0.1) is 5.41 Å². The summed E-state index contributed by atoms with van der Waals surface area (Å²) in [5.74, 6) is 1.14. The molecule has 2 saturated carbocycles. The van der Waals surface area contributed by atoms with E-state index in [9.17, 15) is 8.42 Å². The highest BCUT2D eigenvalue weighted by molar-refractivity contribution is 14.0. The van der Waals surface area contributed by atoms with Gasteiger partial charge in [0.2, 0.25) is 10.0 Å². The van der Waals surface area contributed by atoms with Gasteiger partial charge < -0.3 is 15.4 Å². The molecule has 0 aromatic carbocycles. The molecule has 0 aromatic rings. The lowest BCUT2D eigenvalue weighted by atomic mass is 9.55. The van der Waals surface area contributed by atoms with Crippen molar-refractivity contribution in [3.8, 4) is 0 Å². The summed E-state index contributed by atoms with van der Waals surface area (Å²) in [5, 5.41) is 7.34. The van der Waals surface area contributed by atoms with E-state index in [1.165, 1.54) is 32.1 Å². The van der Waals surface area contributed by atoms with Gasteiger partial charge >= 0.3 is 0 Å². The highest BCUT2D eigenvalue weighted by atomic mass is 127. The van der Waals surface area contributed by atoms with Gasteiger partial charge in [-0.2, -0.15) is 0 Å². The van der Waals surface area contributed by atoms with Crippen LogP contribution in [0.4, 0.5) is 0 Å². The number of rotatable bonds is 8. The van der Waals surface area contributed by atoms with E-state index in [1.54, 1.807) is 4.31 Å². The second kappa shape index (κ2) is 12.4. The zero-order chi connectivity index (χ0) is 21.6. The molecular weight excluding hydrogens is 527 g/mol. The van der Waals surface area contributed by atoms with Gasteiger partial charge in [0, 0.05) is 43.7 Å². The molecule has 1 aliphatic heterocycles. The van der Waals surface area contributed by atoms with Gasteiger partial charge in [-0.1, -0.05) is 26.2 Å². The molecule has 3 fully saturated rings. The van der Waals surface area contributed by atoms with Crippen molar-refractivity contribution in [1.82, 2.24) is 14.9 Å². The number of hydrogen-bond acceptors (Lipinski definition) is 4. The van der Waals surface area contributed by atoms with Gasteiger partial charge in [-0.25, -0.2) is 12.7 Å². The zero-order valence-electron chi connectivity index (χ0n) is 19.6. The van der Waals surface area contributed by atoms with Gasteiger partial charge in [-0.05, 0) is 52.4 Å². The Balaban J connectivity index is 0.00000341. The quantitative estimate of drug-likeness (QED) is 0.265. The van der Waals surface area contributed by atoms with Crippen LogP contribution in [0.5, 0.6) is 0 Å². The highest BCUT2D eigenvalue weighted by Gasteiger charge is 2.56. The third-order valence-corrected chi connectivity index (χ3v) is 9.29. The average molecular weight is 571 g/mol. The first-order valence-corrected chi connectivity index (χ1v) is 13.7. The second-order valence-electron chi connectivity index (χ2n) is 9.13. The van der Waals surface area contributed by atoms with E-state index >= 15 is 0 Å². The van der Waals surface area contributed by atoms with Crippen LogP contribution < -0.4 is 10.6 Å². The largest absolute Gasteiger partial charge is 0.378 e. The summed E-state index contributed by atoms with van der Waals surface area (Å²) in [4.78, 5) is 4.71. The maximum absolute atomic E-state index is 12.3. The Hall–Kier alpha value is -0.130. The van der Waals surface area contributed by atoms with E-state index in [-0.39, 0.29) is 41.2 Å². The minimum absolute atomic E-state index is 0. The van der Waals surface area contributed by atoms with Gasteiger partial charge in [0.15, 0.2) is 5.96 Å². The standard InChI is InChI=1S/C22H42N4O3S.HI/c1-4-16-30(27,28)26-14-10-18(11-15-26)24-21(23-5-2)25-19-17-20(29-6-3)22(19)12-8-7-9-13-22;/h18-20H,4-17H2,1-3H3,(H2,23,24,25);1H. The van der Waals surface area contributed by atoms with E-state index in [4.69, 9.17) is 9.73 Å². The normalized spacial score (nSPS) is 27.4. The van der Waals surface area contributed by atoms with Crippen LogP contribution >= 0.6 is 24.0 Å². The molecule has 2 atom stereocenters. The number of aliphatic imine (C=N–C) groups is 1. The minimum Gasteiger partial charge on any atom is -0.378 e. The van der Waals surface area contributed by atoms with Crippen molar-refractivity contribution < 1.29 is 13.2 Å². The summed E-state index contributed by atoms with van der Waals surface area (Å²) in [6, 6.07) is 0.679. The molecule has 7 nitrogen and oxygen atoms in total. The Morgan fingerprint density at radius 3 is 2.35 bits per heavy atom. The number of sulfonamides is 1. The average Bonchev–Trinajstić information content (AvgIpc) is 2.74. The molecule has 2 aliphatic carbocycles. The topological polar surface area (TPSA) is 83.0 Å². The monoisotopic (exact) mass is 570 g/mol. The maximum atomic E-state index is 12.3. The molecule has 3 rings (SSSR count). The first kappa shape index (κ1) is 27.1. The Morgan fingerprint density at radius 2 is 1.77 bits per heavy atom. The van der Waals surface area contributed by atoms with Crippen molar-refractivity contribution in [1.29, 1.82) is 0 Å². The molecule has 182 valence electrons. The van der Waals surface area contributed by atoms with Gasteiger partial charge in [-0.3, -0.25) is 4.99 Å². The Labute approximate surface area is 206 Å². The van der Waals surface area contributed by atoms with Crippen LogP contribution in [0.3, 0.4) is 0 Å². The molecule has 0 radical (unpaired) electrons. The molecule has 0 bridgehead atoms. The first-order valence-electron chi connectivity index (χ1n) is 12.1. The maximum Gasteiger partial charge on any atom is 0.214 e. The molecular formula is C22H43IN4O3S. The molecule has 2 N–H and O–H groups in total. The third-order valence-electron chi connectivity index (χ3n) is 7.21. The van der Waals surface area contributed by atoms with E-state index in [2.05, 4.69) is 24.5 Å². The first-order chi connectivity index (χ1) is 14.4. The van der Waals surface area contributed by atoms with Crippen LogP contribution in [0.2, 0.25) is 0 Å². The summed E-state index contributed by atoms with van der Waals surface area (Å²) in [5.41, 5.74) is 0.252. The number of hydrogen-bond donors (Lipinski definition) is 2. The van der Waals surface area contributed by atoms with Crippen LogP contribution in [0.15, 0.2) is 4.99 Å². The van der Waals surface area contributed by atoms with Crippen LogP contribution in [0.25, 0.3) is 0 Å². The molecule has 1 spiro atoms. The van der Waals surface area contributed by atoms with Crippen molar-refractivity contribution in [2.75, 3.05) is 32.0 Å². The summed E-state index contributed by atoms with van der Waals surface area (Å²) >= 11 is 0. The Morgan fingerprint density at radius 1 is 1.10 bits per heavy atom. The second-order valence-corrected chi connectivity index (χ2v) is 11.2. The number of halogens is 1. The van der Waals surface area contributed by atoms with Crippen molar-refractivity contribution in [3.63, 3.8) is 0 Å². The summed E-state index contributed by atoms with van der Waals surface area (Å²) in [7, 11) is -3.09. The lowest BCUT2D eigenvalue weighted by Gasteiger charge is -2.58. The molecule has 0 aromatic heterocycles. The predicted molar refractivity (Wildman–Crippen MR) is 138 cm³/mol. The molecule has 1 heterocycles. The molecule has 9 heteroatoms. The van der Waals surface area contributed by atoms with Gasteiger partial charge in [0.05, 0.1) is 11.9 Å². The molecule has 0 amide bonds. The van der Waals surface area contributed by atoms with Crippen molar-refractivity contribution in [2.45, 2.75) is 96.7 Å². The SMILES string of the molecule is CCCS(=O)(=O)N1CCC(NC(=NCC)NC2CC(OCC)C23CCCCC3)CC1.I.